The third kappa shape index (κ3) is 4.55. The lowest BCUT2D eigenvalue weighted by atomic mass is 10.2. The van der Waals surface area contributed by atoms with E-state index >= 15 is 0 Å². The standard InChI is InChI=1S/C22H29ClN6O2/c1-3-4-5-10-27-11-13-28(14-12-27)21-24-19-18(20(30)25-22(31)26(19)2)29(21)15-16-6-8-17(23)9-7-16/h6-9H,3-5,10-15H2,1-2H3,(H,25,30,31). The third-order valence-corrected chi connectivity index (χ3v) is 6.23. The summed E-state index contributed by atoms with van der Waals surface area (Å²) in [7, 11) is 1.63. The fourth-order valence-corrected chi connectivity index (χ4v) is 4.27. The molecule has 2 aromatic heterocycles. The van der Waals surface area contributed by atoms with E-state index in [-0.39, 0.29) is 0 Å². The lowest BCUT2D eigenvalue weighted by molar-refractivity contribution is 0.251. The second-order valence-corrected chi connectivity index (χ2v) is 8.59. The van der Waals surface area contributed by atoms with Crippen molar-refractivity contribution in [3.8, 4) is 0 Å². The summed E-state index contributed by atoms with van der Waals surface area (Å²) >= 11 is 6.04. The molecule has 3 aromatic rings. The van der Waals surface area contributed by atoms with Gasteiger partial charge in [0.1, 0.15) is 0 Å². The van der Waals surface area contributed by atoms with E-state index in [1.165, 1.54) is 23.8 Å². The van der Waals surface area contributed by atoms with Gasteiger partial charge < -0.3 is 4.90 Å². The number of H-pyrrole nitrogens is 1. The number of nitrogens with one attached hydrogen (secondary N) is 1. The van der Waals surface area contributed by atoms with Crippen molar-refractivity contribution in [2.45, 2.75) is 32.7 Å². The van der Waals surface area contributed by atoms with Gasteiger partial charge in [-0.25, -0.2) is 4.79 Å². The maximum atomic E-state index is 12.7. The minimum atomic E-state index is -0.457. The van der Waals surface area contributed by atoms with Crippen molar-refractivity contribution in [2.75, 3.05) is 37.6 Å². The van der Waals surface area contributed by atoms with Crippen LogP contribution in [0.15, 0.2) is 33.9 Å². The number of aromatic nitrogens is 4. The first-order valence-electron chi connectivity index (χ1n) is 10.9. The van der Waals surface area contributed by atoms with Crippen LogP contribution in [0.1, 0.15) is 31.7 Å². The maximum absolute atomic E-state index is 12.7. The first kappa shape index (κ1) is 21.6. The van der Waals surface area contributed by atoms with Crippen molar-refractivity contribution in [3.05, 3.63) is 55.7 Å². The van der Waals surface area contributed by atoms with Gasteiger partial charge in [-0.15, -0.1) is 0 Å². The Kier molecular flexibility index (Phi) is 6.48. The second-order valence-electron chi connectivity index (χ2n) is 8.15. The lowest BCUT2D eigenvalue weighted by Gasteiger charge is -2.35. The monoisotopic (exact) mass is 444 g/mol. The molecule has 0 bridgehead atoms. The van der Waals surface area contributed by atoms with Gasteiger partial charge in [0.2, 0.25) is 5.95 Å². The van der Waals surface area contributed by atoms with Crippen molar-refractivity contribution in [1.82, 2.24) is 24.0 Å². The summed E-state index contributed by atoms with van der Waals surface area (Å²) in [5.41, 5.74) is 0.960. The Morgan fingerprint density at radius 1 is 1.06 bits per heavy atom. The number of hydrogen-bond acceptors (Lipinski definition) is 5. The number of benzene rings is 1. The van der Waals surface area contributed by atoms with Gasteiger partial charge in [0, 0.05) is 38.2 Å². The number of anilines is 1. The molecule has 1 aromatic carbocycles. The minimum absolute atomic E-state index is 0.406. The number of hydrogen-bond donors (Lipinski definition) is 1. The molecular weight excluding hydrogens is 416 g/mol. The predicted molar refractivity (Wildman–Crippen MR) is 124 cm³/mol. The minimum Gasteiger partial charge on any atom is -0.340 e. The number of aryl methyl sites for hydroxylation is 1. The van der Waals surface area contributed by atoms with E-state index in [9.17, 15) is 9.59 Å². The normalized spacial score (nSPS) is 15.1. The van der Waals surface area contributed by atoms with Crippen LogP contribution in [0.5, 0.6) is 0 Å². The molecule has 0 radical (unpaired) electrons. The van der Waals surface area contributed by atoms with Gasteiger partial charge in [0.25, 0.3) is 5.56 Å². The van der Waals surface area contributed by atoms with E-state index in [0.717, 1.165) is 44.2 Å². The Morgan fingerprint density at radius 2 is 1.77 bits per heavy atom. The van der Waals surface area contributed by atoms with E-state index < -0.39 is 11.2 Å². The Labute approximate surface area is 186 Å². The molecule has 1 N–H and O–H groups in total. The number of halogens is 1. The van der Waals surface area contributed by atoms with Crippen LogP contribution in [0, 0.1) is 0 Å². The summed E-state index contributed by atoms with van der Waals surface area (Å²) in [5.74, 6) is 0.727. The van der Waals surface area contributed by atoms with Crippen LogP contribution in [0.25, 0.3) is 11.2 Å². The van der Waals surface area contributed by atoms with Gasteiger partial charge in [-0.05, 0) is 30.7 Å². The highest BCUT2D eigenvalue weighted by Crippen LogP contribution is 2.23. The maximum Gasteiger partial charge on any atom is 0.329 e. The summed E-state index contributed by atoms with van der Waals surface area (Å²) < 4.78 is 3.32. The summed E-state index contributed by atoms with van der Waals surface area (Å²) in [6, 6.07) is 7.56. The summed E-state index contributed by atoms with van der Waals surface area (Å²) in [5, 5.41) is 0.666. The fourth-order valence-electron chi connectivity index (χ4n) is 4.14. The molecule has 0 spiro atoms. The largest absolute Gasteiger partial charge is 0.340 e. The van der Waals surface area contributed by atoms with Crippen molar-refractivity contribution in [3.63, 3.8) is 0 Å². The molecule has 4 rings (SSSR count). The SMILES string of the molecule is CCCCCN1CCN(c2nc3c(c(=O)[nH]c(=O)n3C)n2Cc2ccc(Cl)cc2)CC1. The molecule has 166 valence electrons. The first-order valence-corrected chi connectivity index (χ1v) is 11.3. The number of piperazine rings is 1. The van der Waals surface area contributed by atoms with Crippen LogP contribution in [-0.4, -0.2) is 56.7 Å². The van der Waals surface area contributed by atoms with Crippen LogP contribution < -0.4 is 16.1 Å². The van der Waals surface area contributed by atoms with Crippen LogP contribution in [-0.2, 0) is 13.6 Å². The number of nitrogens with zero attached hydrogens (tertiary/aromatic N) is 5. The number of aromatic amines is 1. The molecule has 8 nitrogen and oxygen atoms in total. The average molecular weight is 445 g/mol. The number of imidazole rings is 1. The van der Waals surface area contributed by atoms with Crippen LogP contribution in [0.3, 0.4) is 0 Å². The molecule has 1 saturated heterocycles. The number of fused-ring (bicyclic) bond motifs is 1. The molecule has 3 heterocycles. The number of unbranched alkanes of at least 4 members (excludes halogenated alkanes) is 2. The molecule has 1 fully saturated rings. The van der Waals surface area contributed by atoms with Gasteiger partial charge in [0.15, 0.2) is 11.2 Å². The molecule has 9 heteroatoms. The highest BCUT2D eigenvalue weighted by atomic mass is 35.5. The zero-order chi connectivity index (χ0) is 22.0. The van der Waals surface area contributed by atoms with Gasteiger partial charge in [-0.2, -0.15) is 4.98 Å². The van der Waals surface area contributed by atoms with E-state index in [0.29, 0.717) is 22.7 Å². The Morgan fingerprint density at radius 3 is 2.45 bits per heavy atom. The van der Waals surface area contributed by atoms with E-state index in [4.69, 9.17) is 16.6 Å². The smallest absolute Gasteiger partial charge is 0.329 e. The van der Waals surface area contributed by atoms with Crippen LogP contribution in [0.2, 0.25) is 5.02 Å². The number of rotatable bonds is 7. The molecule has 31 heavy (non-hydrogen) atoms. The third-order valence-electron chi connectivity index (χ3n) is 5.97. The van der Waals surface area contributed by atoms with Crippen molar-refractivity contribution in [2.24, 2.45) is 7.05 Å². The van der Waals surface area contributed by atoms with Crippen molar-refractivity contribution in [1.29, 1.82) is 0 Å². The highest BCUT2D eigenvalue weighted by Gasteiger charge is 2.25. The summed E-state index contributed by atoms with van der Waals surface area (Å²) in [6.45, 7) is 7.41. The Balaban J connectivity index is 1.68. The molecule has 0 saturated carbocycles. The van der Waals surface area contributed by atoms with E-state index in [1.807, 2.05) is 28.8 Å². The molecule has 0 atom stereocenters. The van der Waals surface area contributed by atoms with Gasteiger partial charge in [-0.3, -0.25) is 23.8 Å². The molecular formula is C22H29ClN6O2. The van der Waals surface area contributed by atoms with Gasteiger partial charge in [0.05, 0.1) is 6.54 Å². The topological polar surface area (TPSA) is 79.2 Å². The van der Waals surface area contributed by atoms with Crippen molar-refractivity contribution < 1.29 is 0 Å². The average Bonchev–Trinajstić information content (AvgIpc) is 3.14. The Hall–Kier alpha value is -2.58. The molecule has 0 aliphatic carbocycles. The van der Waals surface area contributed by atoms with E-state index in [1.54, 1.807) is 7.05 Å². The molecule has 0 unspecified atom stereocenters. The predicted octanol–water partition coefficient (Wildman–Crippen LogP) is 2.44. The lowest BCUT2D eigenvalue weighted by Crippen LogP contribution is -2.47. The zero-order valence-electron chi connectivity index (χ0n) is 18.1. The summed E-state index contributed by atoms with van der Waals surface area (Å²) in [6.07, 6.45) is 3.71. The molecule has 0 amide bonds. The molecule has 1 aliphatic heterocycles. The van der Waals surface area contributed by atoms with Crippen LogP contribution >= 0.6 is 11.6 Å². The molecule has 1 aliphatic rings. The van der Waals surface area contributed by atoms with Crippen LogP contribution in [0.4, 0.5) is 5.95 Å². The Bertz CT molecular complexity index is 1160. The second kappa shape index (κ2) is 9.28. The fraction of sp³-hybridized carbons (Fsp3) is 0.500. The zero-order valence-corrected chi connectivity index (χ0v) is 18.9. The van der Waals surface area contributed by atoms with Gasteiger partial charge >= 0.3 is 5.69 Å². The van der Waals surface area contributed by atoms with Crippen molar-refractivity contribution >= 4 is 28.7 Å². The van der Waals surface area contributed by atoms with Gasteiger partial charge in [-0.1, -0.05) is 43.5 Å². The quantitative estimate of drug-likeness (QED) is 0.566. The van der Waals surface area contributed by atoms with E-state index in [2.05, 4.69) is 21.7 Å². The highest BCUT2D eigenvalue weighted by molar-refractivity contribution is 6.30. The summed E-state index contributed by atoms with van der Waals surface area (Å²) in [4.78, 5) is 36.7. The first-order chi connectivity index (χ1) is 15.0.